The number of carbonyl (C=O) groups excluding carboxylic acids is 1. The highest BCUT2D eigenvalue weighted by Crippen LogP contribution is 2.60. The number of nitrogens with one attached hydrogen (secondary N) is 1. The Bertz CT molecular complexity index is 435. The summed E-state index contributed by atoms with van der Waals surface area (Å²) in [6.45, 7) is 4.17. The van der Waals surface area contributed by atoms with Gasteiger partial charge in [-0.05, 0) is 56.3 Å². The second kappa shape index (κ2) is 4.89. The number of nitrogens with two attached hydrogens (primary N) is 1. The van der Waals surface area contributed by atoms with E-state index in [0.717, 1.165) is 37.0 Å². The van der Waals surface area contributed by atoms with E-state index >= 15 is 0 Å². The number of carbonyl (C=O) groups is 1. The largest absolute Gasteiger partial charge is 0.409 e. The summed E-state index contributed by atoms with van der Waals surface area (Å²) in [5, 5.41) is 15.0. The highest BCUT2D eigenvalue weighted by Gasteiger charge is 2.54. The van der Waals surface area contributed by atoms with Crippen molar-refractivity contribution in [3.05, 3.63) is 0 Å². The molecule has 4 aliphatic rings. The number of rotatable bonds is 4. The second-order valence-corrected chi connectivity index (χ2v) is 8.25. The number of amidine groups is 1. The van der Waals surface area contributed by atoms with Gasteiger partial charge >= 0.3 is 0 Å². The molecule has 0 atom stereocenters. The van der Waals surface area contributed by atoms with E-state index in [-0.39, 0.29) is 17.2 Å². The molecule has 4 saturated carbocycles. The van der Waals surface area contributed by atoms with E-state index in [1.165, 1.54) is 19.3 Å². The maximum atomic E-state index is 12.8. The molecule has 0 spiro atoms. The molecule has 118 valence electrons. The Morgan fingerprint density at radius 1 is 1.24 bits per heavy atom. The van der Waals surface area contributed by atoms with Gasteiger partial charge in [0.2, 0.25) is 5.91 Å². The lowest BCUT2D eigenvalue weighted by Gasteiger charge is -2.55. The Balaban J connectivity index is 1.66. The highest BCUT2D eigenvalue weighted by atomic mass is 16.4. The minimum absolute atomic E-state index is 0.129. The summed E-state index contributed by atoms with van der Waals surface area (Å²) in [5.41, 5.74) is 5.04. The summed E-state index contributed by atoms with van der Waals surface area (Å²) in [5.74, 6) is 2.64. The molecule has 0 aliphatic heterocycles. The topological polar surface area (TPSA) is 87.7 Å². The predicted octanol–water partition coefficient (Wildman–Crippen LogP) is 2.09. The lowest BCUT2D eigenvalue weighted by molar-refractivity contribution is -0.146. The normalized spacial score (nSPS) is 38.6. The average molecular weight is 293 g/mol. The maximum absolute atomic E-state index is 12.8. The van der Waals surface area contributed by atoms with Crippen LogP contribution in [0.25, 0.3) is 0 Å². The monoisotopic (exact) mass is 293 g/mol. The first-order valence-electron chi connectivity index (χ1n) is 8.11. The SMILES string of the molecule is CC(C)(CNC(=O)C12CC3CC(CC(C3)C1)C2)C(N)=NO. The first kappa shape index (κ1) is 14.7. The van der Waals surface area contributed by atoms with Crippen molar-refractivity contribution < 1.29 is 10.0 Å². The smallest absolute Gasteiger partial charge is 0.226 e. The fraction of sp³-hybridized carbons (Fsp3) is 0.875. The summed E-state index contributed by atoms with van der Waals surface area (Å²) >= 11 is 0. The van der Waals surface area contributed by atoms with E-state index < -0.39 is 5.41 Å². The van der Waals surface area contributed by atoms with Gasteiger partial charge in [-0.3, -0.25) is 4.79 Å². The third-order valence-corrected chi connectivity index (χ3v) is 6.01. The molecule has 5 heteroatoms. The number of hydrogen-bond donors (Lipinski definition) is 3. The van der Waals surface area contributed by atoms with Gasteiger partial charge < -0.3 is 16.3 Å². The van der Waals surface area contributed by atoms with E-state index in [9.17, 15) is 4.79 Å². The van der Waals surface area contributed by atoms with E-state index in [1.54, 1.807) is 0 Å². The van der Waals surface area contributed by atoms with E-state index in [2.05, 4.69) is 10.5 Å². The fourth-order valence-electron chi connectivity index (χ4n) is 5.10. The first-order valence-corrected chi connectivity index (χ1v) is 8.11. The zero-order valence-corrected chi connectivity index (χ0v) is 13.1. The van der Waals surface area contributed by atoms with Gasteiger partial charge in [0.25, 0.3) is 0 Å². The third kappa shape index (κ3) is 2.51. The third-order valence-electron chi connectivity index (χ3n) is 6.01. The van der Waals surface area contributed by atoms with Crippen molar-refractivity contribution in [3.63, 3.8) is 0 Å². The lowest BCUT2D eigenvalue weighted by Crippen LogP contribution is -2.55. The molecular weight excluding hydrogens is 266 g/mol. The van der Waals surface area contributed by atoms with Crippen LogP contribution in [0.2, 0.25) is 0 Å². The summed E-state index contributed by atoms with van der Waals surface area (Å²) in [4.78, 5) is 12.8. The van der Waals surface area contributed by atoms with Crippen molar-refractivity contribution in [1.82, 2.24) is 5.32 Å². The zero-order chi connectivity index (χ0) is 15.3. The predicted molar refractivity (Wildman–Crippen MR) is 80.8 cm³/mol. The van der Waals surface area contributed by atoms with Crippen LogP contribution < -0.4 is 11.1 Å². The van der Waals surface area contributed by atoms with Crippen molar-refractivity contribution in [2.75, 3.05) is 6.54 Å². The Labute approximate surface area is 126 Å². The average Bonchev–Trinajstić information content (AvgIpc) is 2.42. The van der Waals surface area contributed by atoms with Crippen LogP contribution in [0.3, 0.4) is 0 Å². The van der Waals surface area contributed by atoms with Crippen LogP contribution in [0.15, 0.2) is 5.16 Å². The summed E-state index contributed by atoms with van der Waals surface area (Å²) in [7, 11) is 0. The van der Waals surface area contributed by atoms with Gasteiger partial charge in [-0.25, -0.2) is 0 Å². The van der Waals surface area contributed by atoms with E-state index in [0.29, 0.717) is 6.54 Å². The molecule has 0 unspecified atom stereocenters. The molecule has 21 heavy (non-hydrogen) atoms. The molecule has 0 aromatic heterocycles. The highest BCUT2D eigenvalue weighted by molar-refractivity contribution is 5.87. The van der Waals surface area contributed by atoms with Crippen LogP contribution in [-0.2, 0) is 4.79 Å². The summed E-state index contributed by atoms with van der Waals surface area (Å²) in [6.07, 6.45) is 7.20. The van der Waals surface area contributed by atoms with Gasteiger partial charge in [0.1, 0.15) is 5.84 Å². The minimum atomic E-state index is -0.521. The second-order valence-electron chi connectivity index (χ2n) is 8.25. The van der Waals surface area contributed by atoms with Gasteiger partial charge in [0, 0.05) is 17.4 Å². The fourth-order valence-corrected chi connectivity index (χ4v) is 5.10. The molecule has 0 aromatic rings. The molecule has 5 nitrogen and oxygen atoms in total. The lowest BCUT2D eigenvalue weighted by atomic mass is 9.49. The molecule has 4 rings (SSSR count). The van der Waals surface area contributed by atoms with Crippen molar-refractivity contribution in [2.24, 2.45) is 39.5 Å². The summed E-state index contributed by atoms with van der Waals surface area (Å²) in [6, 6.07) is 0. The first-order chi connectivity index (χ1) is 9.84. The van der Waals surface area contributed by atoms with E-state index in [1.807, 2.05) is 13.8 Å². The Hall–Kier alpha value is -1.26. The van der Waals surface area contributed by atoms with Crippen molar-refractivity contribution in [1.29, 1.82) is 0 Å². The molecule has 4 N–H and O–H groups in total. The number of nitrogens with zero attached hydrogens (tertiary/aromatic N) is 1. The van der Waals surface area contributed by atoms with Gasteiger partial charge in [0.15, 0.2) is 0 Å². The van der Waals surface area contributed by atoms with Gasteiger partial charge in [-0.15, -0.1) is 0 Å². The van der Waals surface area contributed by atoms with Crippen LogP contribution in [0.5, 0.6) is 0 Å². The Morgan fingerprint density at radius 3 is 2.14 bits per heavy atom. The quantitative estimate of drug-likeness (QED) is 0.321. The van der Waals surface area contributed by atoms with Gasteiger partial charge in [-0.1, -0.05) is 19.0 Å². The minimum Gasteiger partial charge on any atom is -0.409 e. The molecule has 4 aliphatic carbocycles. The summed E-state index contributed by atoms with van der Waals surface area (Å²) < 4.78 is 0. The molecule has 4 fully saturated rings. The number of amides is 1. The molecule has 0 radical (unpaired) electrons. The van der Waals surface area contributed by atoms with Crippen LogP contribution in [0, 0.1) is 28.6 Å². The van der Waals surface area contributed by atoms with E-state index in [4.69, 9.17) is 10.9 Å². The van der Waals surface area contributed by atoms with Crippen LogP contribution in [0.4, 0.5) is 0 Å². The van der Waals surface area contributed by atoms with Crippen molar-refractivity contribution >= 4 is 11.7 Å². The molecule has 4 bridgehead atoms. The number of hydrogen-bond acceptors (Lipinski definition) is 3. The maximum Gasteiger partial charge on any atom is 0.226 e. The Kier molecular flexibility index (Phi) is 3.41. The van der Waals surface area contributed by atoms with Crippen molar-refractivity contribution in [2.45, 2.75) is 52.4 Å². The zero-order valence-electron chi connectivity index (χ0n) is 13.1. The van der Waals surface area contributed by atoms with Crippen LogP contribution in [-0.4, -0.2) is 23.5 Å². The van der Waals surface area contributed by atoms with Crippen LogP contribution >= 0.6 is 0 Å². The van der Waals surface area contributed by atoms with Gasteiger partial charge in [-0.2, -0.15) is 0 Å². The molecule has 0 aromatic carbocycles. The van der Waals surface area contributed by atoms with Crippen LogP contribution in [0.1, 0.15) is 52.4 Å². The van der Waals surface area contributed by atoms with Crippen molar-refractivity contribution in [3.8, 4) is 0 Å². The standard InChI is InChI=1S/C16H27N3O2/c1-15(2,13(17)19-21)9-18-14(20)16-6-10-3-11(7-16)5-12(4-10)8-16/h10-12,21H,3-9H2,1-2H3,(H2,17,19)(H,18,20). The molecule has 0 heterocycles. The molecular formula is C16H27N3O2. The molecule has 0 saturated heterocycles. The number of oxime groups is 1. The Morgan fingerprint density at radius 2 is 1.71 bits per heavy atom. The van der Waals surface area contributed by atoms with Gasteiger partial charge in [0.05, 0.1) is 0 Å². The molecule has 1 amide bonds.